The van der Waals surface area contributed by atoms with E-state index in [4.69, 9.17) is 5.26 Å². The number of aromatic nitrogens is 2. The van der Waals surface area contributed by atoms with Gasteiger partial charge >= 0.3 is 0 Å². The molecule has 0 spiro atoms. The summed E-state index contributed by atoms with van der Waals surface area (Å²) in [7, 11) is -3.18. The van der Waals surface area contributed by atoms with E-state index < -0.39 is 9.84 Å². The Hall–Kier alpha value is -2.75. The third-order valence-electron chi connectivity index (χ3n) is 6.21. The molecule has 0 saturated carbocycles. The number of anilines is 1. The summed E-state index contributed by atoms with van der Waals surface area (Å²) >= 11 is 2.22. The molecule has 0 aliphatic carbocycles. The van der Waals surface area contributed by atoms with Gasteiger partial charge in [0.25, 0.3) is 0 Å². The number of carbonyl (C=O) groups is 1. The minimum absolute atomic E-state index is 0.0352. The molecule has 1 saturated heterocycles. The van der Waals surface area contributed by atoms with Crippen LogP contribution < -0.4 is 4.90 Å². The van der Waals surface area contributed by atoms with Crippen LogP contribution in [0.25, 0.3) is 0 Å². The Labute approximate surface area is 219 Å². The first-order valence-electron chi connectivity index (χ1n) is 11.2. The van der Waals surface area contributed by atoms with E-state index in [1.54, 1.807) is 29.6 Å². The summed E-state index contributed by atoms with van der Waals surface area (Å²) in [5.41, 5.74) is 3.27. The van der Waals surface area contributed by atoms with Crippen LogP contribution in [-0.2, 0) is 21.1 Å². The summed E-state index contributed by atoms with van der Waals surface area (Å²) in [5.74, 6) is 0.00156. The number of rotatable bonds is 8. The van der Waals surface area contributed by atoms with Crippen molar-refractivity contribution in [1.29, 1.82) is 5.26 Å². The van der Waals surface area contributed by atoms with Gasteiger partial charge in [0.05, 0.1) is 42.0 Å². The lowest BCUT2D eigenvalue weighted by Crippen LogP contribution is -2.58. The van der Waals surface area contributed by atoms with Crippen molar-refractivity contribution in [3.8, 4) is 6.07 Å². The van der Waals surface area contributed by atoms with Gasteiger partial charge in [0, 0.05) is 34.3 Å². The smallest absolute Gasteiger partial charge is 0.241 e. The normalized spacial score (nSPS) is 17.8. The predicted molar refractivity (Wildman–Crippen MR) is 143 cm³/mol. The van der Waals surface area contributed by atoms with Gasteiger partial charge in [0.2, 0.25) is 5.91 Å². The van der Waals surface area contributed by atoms with Crippen molar-refractivity contribution < 1.29 is 13.2 Å². The molecule has 2 atom stereocenters. The number of nitrogens with one attached hydrogen (secondary N) is 1. The Balaban J connectivity index is 1.67. The summed E-state index contributed by atoms with van der Waals surface area (Å²) in [5, 5.41) is 9.13. The molecule has 1 unspecified atom stereocenters. The lowest BCUT2D eigenvalue weighted by molar-refractivity contribution is -0.123. The molecule has 8 nitrogen and oxygen atoms in total. The Bertz CT molecular complexity index is 1320. The lowest BCUT2D eigenvalue weighted by Gasteiger charge is -2.44. The second kappa shape index (κ2) is 10.9. The van der Waals surface area contributed by atoms with Gasteiger partial charge < -0.3 is 9.88 Å². The van der Waals surface area contributed by atoms with Crippen molar-refractivity contribution in [3.63, 3.8) is 0 Å². The third kappa shape index (κ3) is 6.48. The molecule has 1 aliphatic heterocycles. The van der Waals surface area contributed by atoms with Crippen LogP contribution in [0.5, 0.6) is 0 Å². The Morgan fingerprint density at radius 3 is 2.66 bits per heavy atom. The van der Waals surface area contributed by atoms with Crippen LogP contribution in [0, 0.1) is 14.9 Å². The summed E-state index contributed by atoms with van der Waals surface area (Å²) in [4.78, 5) is 24.6. The Morgan fingerprint density at radius 2 is 2.03 bits per heavy atom. The molecule has 1 fully saturated rings. The molecule has 35 heavy (non-hydrogen) atoms. The highest BCUT2D eigenvalue weighted by Gasteiger charge is 2.38. The van der Waals surface area contributed by atoms with Gasteiger partial charge in [-0.15, -0.1) is 0 Å². The number of H-pyrrole nitrogens is 1. The maximum atomic E-state index is 13.4. The van der Waals surface area contributed by atoms with E-state index in [2.05, 4.69) is 43.5 Å². The van der Waals surface area contributed by atoms with Crippen molar-refractivity contribution in [3.05, 3.63) is 81.4 Å². The van der Waals surface area contributed by atoms with Crippen molar-refractivity contribution in [2.75, 3.05) is 30.0 Å². The molecule has 1 aliphatic rings. The van der Waals surface area contributed by atoms with E-state index in [-0.39, 0.29) is 30.3 Å². The number of aromatic amines is 1. The number of nitrogens with zero attached hydrogens (tertiary/aromatic N) is 4. The van der Waals surface area contributed by atoms with E-state index >= 15 is 0 Å². The van der Waals surface area contributed by atoms with Crippen LogP contribution in [0.1, 0.15) is 29.3 Å². The average Bonchev–Trinajstić information content (AvgIpc) is 3.36. The average molecular weight is 603 g/mol. The summed E-state index contributed by atoms with van der Waals surface area (Å²) in [6.45, 7) is 0.548. The second-order valence-electron chi connectivity index (χ2n) is 8.76. The van der Waals surface area contributed by atoms with Gasteiger partial charge in [-0.05, 0) is 71.3 Å². The monoisotopic (exact) mass is 603 g/mol. The van der Waals surface area contributed by atoms with Gasteiger partial charge in [0.1, 0.15) is 9.84 Å². The fraction of sp³-hybridized carbons (Fsp3) is 0.320. The number of hydrogen-bond acceptors (Lipinski definition) is 6. The van der Waals surface area contributed by atoms with Crippen LogP contribution in [0.2, 0.25) is 0 Å². The van der Waals surface area contributed by atoms with Crippen molar-refractivity contribution in [2.45, 2.75) is 24.9 Å². The van der Waals surface area contributed by atoms with Crippen LogP contribution in [-0.4, -0.2) is 60.3 Å². The summed E-state index contributed by atoms with van der Waals surface area (Å²) < 4.78 is 25.1. The number of benzene rings is 2. The van der Waals surface area contributed by atoms with E-state index in [0.29, 0.717) is 24.9 Å². The topological polar surface area (TPSA) is 110 Å². The number of imidazole rings is 1. The van der Waals surface area contributed by atoms with E-state index in [0.717, 1.165) is 20.5 Å². The summed E-state index contributed by atoms with van der Waals surface area (Å²) in [6.07, 6.45) is 5.59. The van der Waals surface area contributed by atoms with Gasteiger partial charge in [-0.2, -0.15) is 5.26 Å². The highest BCUT2D eigenvalue weighted by Crippen LogP contribution is 2.32. The first-order chi connectivity index (χ1) is 16.7. The first kappa shape index (κ1) is 25.3. The van der Waals surface area contributed by atoms with Crippen molar-refractivity contribution in [1.82, 2.24) is 14.9 Å². The number of carbonyl (C=O) groups excluding carboxylic acids is 1. The Kier molecular flexibility index (Phi) is 7.88. The zero-order chi connectivity index (χ0) is 25.0. The molecule has 1 N–H and O–H groups in total. The maximum absolute atomic E-state index is 13.4. The fourth-order valence-electron chi connectivity index (χ4n) is 4.45. The molecule has 2 heterocycles. The lowest BCUT2D eigenvalue weighted by atomic mass is 9.97. The van der Waals surface area contributed by atoms with Gasteiger partial charge in [0.15, 0.2) is 0 Å². The number of nitriles is 1. The summed E-state index contributed by atoms with van der Waals surface area (Å²) in [6, 6.07) is 16.9. The third-order valence-corrected chi connectivity index (χ3v) is 7.86. The highest BCUT2D eigenvalue weighted by molar-refractivity contribution is 14.1. The van der Waals surface area contributed by atoms with Gasteiger partial charge in [-0.25, -0.2) is 13.4 Å². The molecule has 0 bridgehead atoms. The molecular formula is C25H26IN5O3S. The molecular weight excluding hydrogens is 577 g/mol. The maximum Gasteiger partial charge on any atom is 0.241 e. The van der Waals surface area contributed by atoms with Gasteiger partial charge in [-0.1, -0.05) is 18.2 Å². The number of halogens is 1. The predicted octanol–water partition coefficient (Wildman–Crippen LogP) is 3.32. The molecule has 4 rings (SSSR count). The Morgan fingerprint density at radius 1 is 1.26 bits per heavy atom. The molecule has 10 heteroatoms. The molecule has 1 aromatic heterocycles. The SMILES string of the molecule is CS(=O)(=O)CC[C@H]1CN(c2cccc(I)c2)C(=O)CN1C(Cc1ccc(C#N)cc1)c1cnc[nH]1. The van der Waals surface area contributed by atoms with Crippen LogP contribution in [0.4, 0.5) is 5.69 Å². The zero-order valence-electron chi connectivity index (χ0n) is 19.3. The second-order valence-corrected chi connectivity index (χ2v) is 12.3. The largest absolute Gasteiger partial charge is 0.347 e. The molecule has 2 aromatic carbocycles. The minimum atomic E-state index is -3.18. The standard InChI is InChI=1S/C25H26IN5O3S/c1-35(33,34)10-9-22-15-31(21-4-2-3-20(26)12-21)25(32)16-30(22)24(23-14-28-17-29-23)11-18-5-7-19(13-27)8-6-18/h2-8,12,14,17,22,24H,9-11,15-16H2,1H3,(H,28,29)/t22-,24?/m0/s1. The molecule has 0 radical (unpaired) electrons. The number of amides is 1. The minimum Gasteiger partial charge on any atom is -0.347 e. The molecule has 1 amide bonds. The van der Waals surface area contributed by atoms with Crippen molar-refractivity contribution in [2.24, 2.45) is 0 Å². The van der Waals surface area contributed by atoms with Crippen LogP contribution >= 0.6 is 22.6 Å². The number of hydrogen-bond donors (Lipinski definition) is 1. The van der Waals surface area contributed by atoms with Crippen LogP contribution in [0.15, 0.2) is 61.1 Å². The van der Waals surface area contributed by atoms with E-state index in [1.807, 2.05) is 36.4 Å². The molecule has 3 aromatic rings. The van der Waals surface area contributed by atoms with E-state index in [1.165, 1.54) is 6.26 Å². The highest BCUT2D eigenvalue weighted by atomic mass is 127. The zero-order valence-corrected chi connectivity index (χ0v) is 22.2. The van der Waals surface area contributed by atoms with Crippen LogP contribution in [0.3, 0.4) is 0 Å². The first-order valence-corrected chi connectivity index (χ1v) is 14.3. The molecule has 182 valence electrons. The van der Waals surface area contributed by atoms with Crippen molar-refractivity contribution >= 4 is 44.0 Å². The quantitative estimate of drug-likeness (QED) is 0.396. The van der Waals surface area contributed by atoms with E-state index in [9.17, 15) is 13.2 Å². The number of piperazine rings is 1. The fourth-order valence-corrected chi connectivity index (χ4v) is 5.67. The van der Waals surface area contributed by atoms with Gasteiger partial charge in [-0.3, -0.25) is 9.69 Å². The number of sulfone groups is 1.